The Kier molecular flexibility index (Phi) is 4.81. The number of hydrogen-bond donors (Lipinski definition) is 1. The smallest absolute Gasteiger partial charge is 0.325 e. The van der Waals surface area contributed by atoms with Crippen LogP contribution in [0.15, 0.2) is 0 Å². The van der Waals surface area contributed by atoms with Crippen molar-refractivity contribution >= 4 is 5.97 Å². The monoisotopic (exact) mass is 269 g/mol. The molecule has 2 aliphatic heterocycles. The molecule has 2 aliphatic rings. The van der Waals surface area contributed by atoms with E-state index in [2.05, 4.69) is 9.80 Å². The molecule has 0 aromatic rings. The van der Waals surface area contributed by atoms with Crippen LogP contribution >= 0.6 is 0 Å². The highest BCUT2D eigenvalue weighted by Crippen LogP contribution is 2.21. The molecule has 5 nitrogen and oxygen atoms in total. The fourth-order valence-electron chi connectivity index (χ4n) is 3.15. The van der Waals surface area contributed by atoms with Crippen LogP contribution in [0.2, 0.25) is 0 Å². The maximum absolute atomic E-state index is 11.5. The van der Waals surface area contributed by atoms with Gasteiger partial charge in [0.1, 0.15) is 5.54 Å². The van der Waals surface area contributed by atoms with E-state index >= 15 is 0 Å². The average molecular weight is 269 g/mol. The Bertz CT molecular complexity index is 314. The highest BCUT2D eigenvalue weighted by atomic mass is 16.5. The fraction of sp³-hybridized carbons (Fsp3) is 0.929. The zero-order chi connectivity index (χ0) is 13.9. The van der Waals surface area contributed by atoms with E-state index in [0.717, 1.165) is 19.6 Å². The van der Waals surface area contributed by atoms with Gasteiger partial charge >= 0.3 is 5.97 Å². The molecule has 2 unspecified atom stereocenters. The number of rotatable bonds is 5. The first kappa shape index (κ1) is 14.8. The minimum atomic E-state index is -0.861. The second-order valence-corrected chi connectivity index (χ2v) is 6.15. The first-order chi connectivity index (χ1) is 9.03. The van der Waals surface area contributed by atoms with E-state index < -0.39 is 5.54 Å². The number of likely N-dealkylation sites (tertiary alicyclic amines) is 2. The number of carbonyl (C=O) groups excluding carboxylic acids is 1. The molecule has 2 atom stereocenters. The van der Waals surface area contributed by atoms with Gasteiger partial charge in [0.15, 0.2) is 0 Å². The molecule has 110 valence electrons. The van der Waals surface area contributed by atoms with Gasteiger partial charge in [-0.25, -0.2) is 0 Å². The van der Waals surface area contributed by atoms with Crippen LogP contribution in [-0.2, 0) is 9.53 Å². The van der Waals surface area contributed by atoms with Gasteiger partial charge in [-0.3, -0.25) is 9.69 Å². The van der Waals surface area contributed by atoms with Crippen molar-refractivity contribution in [3.8, 4) is 0 Å². The van der Waals surface area contributed by atoms with Gasteiger partial charge in [0, 0.05) is 19.1 Å². The van der Waals surface area contributed by atoms with Gasteiger partial charge in [-0.1, -0.05) is 0 Å². The molecule has 2 rings (SSSR count). The van der Waals surface area contributed by atoms with Crippen molar-refractivity contribution in [1.82, 2.24) is 9.80 Å². The lowest BCUT2D eigenvalue weighted by atomic mass is 9.99. The van der Waals surface area contributed by atoms with E-state index in [4.69, 9.17) is 10.5 Å². The van der Waals surface area contributed by atoms with E-state index in [1.54, 1.807) is 6.92 Å². The van der Waals surface area contributed by atoms with Gasteiger partial charge in [-0.2, -0.15) is 0 Å². The molecular weight excluding hydrogens is 242 g/mol. The largest absolute Gasteiger partial charge is 0.468 e. The normalized spacial score (nSPS) is 28.5. The molecule has 0 saturated carbocycles. The zero-order valence-electron chi connectivity index (χ0n) is 12.2. The van der Waals surface area contributed by atoms with Gasteiger partial charge in [0.05, 0.1) is 7.11 Å². The summed E-state index contributed by atoms with van der Waals surface area (Å²) >= 11 is 0. The Morgan fingerprint density at radius 2 is 2.05 bits per heavy atom. The summed E-state index contributed by atoms with van der Waals surface area (Å²) in [6.07, 6.45) is 4.60. The van der Waals surface area contributed by atoms with Crippen LogP contribution in [0.25, 0.3) is 0 Å². The molecule has 0 bridgehead atoms. The van der Waals surface area contributed by atoms with Crippen molar-refractivity contribution in [2.75, 3.05) is 39.8 Å². The predicted octanol–water partition coefficient (Wildman–Crippen LogP) is 0.437. The SMILES string of the molecule is COC(=O)C(C)(N)CCN1CCC(N2CCCC2)C1. The van der Waals surface area contributed by atoms with Crippen molar-refractivity contribution in [3.63, 3.8) is 0 Å². The van der Waals surface area contributed by atoms with Crippen LogP contribution in [0.5, 0.6) is 0 Å². The van der Waals surface area contributed by atoms with Gasteiger partial charge in [-0.15, -0.1) is 0 Å². The van der Waals surface area contributed by atoms with E-state index in [9.17, 15) is 4.79 Å². The van der Waals surface area contributed by atoms with E-state index in [1.807, 2.05) is 0 Å². The Hall–Kier alpha value is -0.650. The van der Waals surface area contributed by atoms with Gasteiger partial charge in [0.25, 0.3) is 0 Å². The van der Waals surface area contributed by atoms with Crippen molar-refractivity contribution in [3.05, 3.63) is 0 Å². The van der Waals surface area contributed by atoms with Crippen molar-refractivity contribution in [1.29, 1.82) is 0 Å². The van der Waals surface area contributed by atoms with Crippen LogP contribution in [0, 0.1) is 0 Å². The van der Waals surface area contributed by atoms with Crippen molar-refractivity contribution in [2.24, 2.45) is 5.73 Å². The Balaban J connectivity index is 1.74. The third-order valence-corrected chi connectivity index (χ3v) is 4.50. The summed E-state index contributed by atoms with van der Waals surface area (Å²) in [4.78, 5) is 16.6. The van der Waals surface area contributed by atoms with Gasteiger partial charge < -0.3 is 15.4 Å². The molecule has 0 aromatic heterocycles. The summed E-state index contributed by atoms with van der Waals surface area (Å²) < 4.78 is 4.74. The maximum atomic E-state index is 11.5. The average Bonchev–Trinajstić information content (AvgIpc) is 3.05. The highest BCUT2D eigenvalue weighted by molar-refractivity contribution is 5.79. The predicted molar refractivity (Wildman–Crippen MR) is 74.9 cm³/mol. The number of carbonyl (C=O) groups is 1. The number of methoxy groups -OCH3 is 1. The Morgan fingerprint density at radius 1 is 1.37 bits per heavy atom. The standard InChI is InChI=1S/C14H27N3O2/c1-14(15,13(18)19-2)6-10-16-9-5-12(11-16)17-7-3-4-8-17/h12H,3-11,15H2,1-2H3. The zero-order valence-corrected chi connectivity index (χ0v) is 12.2. The molecule has 19 heavy (non-hydrogen) atoms. The minimum absolute atomic E-state index is 0.317. The molecule has 2 heterocycles. The number of nitrogens with zero attached hydrogens (tertiary/aromatic N) is 2. The summed E-state index contributed by atoms with van der Waals surface area (Å²) in [6, 6.07) is 0.713. The quantitative estimate of drug-likeness (QED) is 0.734. The van der Waals surface area contributed by atoms with Gasteiger partial charge in [-0.05, 0) is 52.2 Å². The first-order valence-electron chi connectivity index (χ1n) is 7.36. The molecule has 2 N–H and O–H groups in total. The third-order valence-electron chi connectivity index (χ3n) is 4.50. The van der Waals surface area contributed by atoms with Crippen LogP contribution in [0.1, 0.15) is 32.6 Å². The van der Waals surface area contributed by atoms with Crippen molar-refractivity contribution < 1.29 is 9.53 Å². The molecule has 0 amide bonds. The first-order valence-corrected chi connectivity index (χ1v) is 7.36. The summed E-state index contributed by atoms with van der Waals surface area (Å²) in [7, 11) is 1.40. The molecule has 2 saturated heterocycles. The summed E-state index contributed by atoms with van der Waals surface area (Å²) in [5.74, 6) is -0.317. The lowest BCUT2D eigenvalue weighted by molar-refractivity contribution is -0.146. The second-order valence-electron chi connectivity index (χ2n) is 6.15. The minimum Gasteiger partial charge on any atom is -0.468 e. The number of ether oxygens (including phenoxy) is 1. The summed E-state index contributed by atoms with van der Waals surface area (Å²) in [5.41, 5.74) is 5.13. The Morgan fingerprint density at radius 3 is 2.68 bits per heavy atom. The molecule has 0 radical (unpaired) electrons. The van der Waals surface area contributed by atoms with E-state index in [0.29, 0.717) is 12.5 Å². The summed E-state index contributed by atoms with van der Waals surface area (Å²) in [5, 5.41) is 0. The Labute approximate surface area is 116 Å². The molecule has 0 spiro atoms. The molecule has 0 aromatic carbocycles. The molecular formula is C14H27N3O2. The van der Waals surface area contributed by atoms with E-state index in [-0.39, 0.29) is 5.97 Å². The van der Waals surface area contributed by atoms with Crippen LogP contribution in [-0.4, -0.2) is 67.2 Å². The fourth-order valence-corrected chi connectivity index (χ4v) is 3.15. The maximum Gasteiger partial charge on any atom is 0.325 e. The second kappa shape index (κ2) is 6.20. The highest BCUT2D eigenvalue weighted by Gasteiger charge is 2.33. The number of nitrogens with two attached hydrogens (primary N) is 1. The van der Waals surface area contributed by atoms with Crippen molar-refractivity contribution in [2.45, 2.75) is 44.2 Å². The van der Waals surface area contributed by atoms with Crippen LogP contribution < -0.4 is 5.73 Å². The third kappa shape index (κ3) is 3.68. The lowest BCUT2D eigenvalue weighted by Gasteiger charge is -2.26. The molecule has 0 aliphatic carbocycles. The molecule has 2 fully saturated rings. The van der Waals surface area contributed by atoms with Crippen LogP contribution in [0.3, 0.4) is 0 Å². The lowest BCUT2D eigenvalue weighted by Crippen LogP contribution is -2.48. The number of esters is 1. The van der Waals surface area contributed by atoms with Gasteiger partial charge in [0.2, 0.25) is 0 Å². The number of hydrogen-bond acceptors (Lipinski definition) is 5. The summed E-state index contributed by atoms with van der Waals surface area (Å²) in [6.45, 7) is 7.40. The molecule has 5 heteroatoms. The van der Waals surface area contributed by atoms with Crippen LogP contribution in [0.4, 0.5) is 0 Å². The van der Waals surface area contributed by atoms with E-state index in [1.165, 1.54) is 39.5 Å². The topological polar surface area (TPSA) is 58.8 Å².